The number of rotatable bonds is 1. The number of Topliss-reactive ketones (excluding diaryl/α,β-unsaturated/α-hetero) is 1. The highest BCUT2D eigenvalue weighted by Crippen LogP contribution is 2.35. The van der Waals surface area contributed by atoms with Gasteiger partial charge in [0.2, 0.25) is 0 Å². The van der Waals surface area contributed by atoms with Gasteiger partial charge >= 0.3 is 0 Å². The molecule has 0 N–H and O–H groups in total. The summed E-state index contributed by atoms with van der Waals surface area (Å²) in [6.45, 7) is 0. The summed E-state index contributed by atoms with van der Waals surface area (Å²) >= 11 is 5.39. The van der Waals surface area contributed by atoms with E-state index >= 15 is 0 Å². The molecule has 1 unspecified atom stereocenters. The first-order valence-corrected chi connectivity index (χ1v) is 4.64. The maximum absolute atomic E-state index is 13.3. The second-order valence-electron chi connectivity index (χ2n) is 3.35. The van der Waals surface area contributed by atoms with E-state index in [4.69, 9.17) is 11.6 Å². The Kier molecular flexibility index (Phi) is 2.27. The lowest BCUT2D eigenvalue weighted by Crippen LogP contribution is -2.24. The molecular formula is C10H7ClF2O. The van der Waals surface area contributed by atoms with Gasteiger partial charge in [0.1, 0.15) is 17.4 Å². The Morgan fingerprint density at radius 3 is 2.50 bits per heavy atom. The van der Waals surface area contributed by atoms with Gasteiger partial charge in [-0.2, -0.15) is 0 Å². The number of hydrogen-bond acceptors (Lipinski definition) is 1. The third kappa shape index (κ3) is 1.42. The van der Waals surface area contributed by atoms with Gasteiger partial charge in [0.25, 0.3) is 0 Å². The monoisotopic (exact) mass is 216 g/mol. The van der Waals surface area contributed by atoms with Crippen LogP contribution in [0.15, 0.2) is 12.1 Å². The molecule has 0 aliphatic heterocycles. The van der Waals surface area contributed by atoms with Crippen molar-refractivity contribution in [3.05, 3.63) is 34.4 Å². The quantitative estimate of drug-likeness (QED) is 0.660. The SMILES string of the molecule is O=C1CCC1c1cc(F)c(Cl)cc1F. The Hall–Kier alpha value is -0.960. The van der Waals surface area contributed by atoms with Gasteiger partial charge in [-0.15, -0.1) is 0 Å². The maximum atomic E-state index is 13.3. The highest BCUT2D eigenvalue weighted by molar-refractivity contribution is 6.30. The Morgan fingerprint density at radius 1 is 1.29 bits per heavy atom. The van der Waals surface area contributed by atoms with Gasteiger partial charge in [-0.25, -0.2) is 8.78 Å². The summed E-state index contributed by atoms with van der Waals surface area (Å²) in [6.07, 6.45) is 1.05. The molecule has 0 spiro atoms. The van der Waals surface area contributed by atoms with Crippen molar-refractivity contribution in [1.29, 1.82) is 0 Å². The van der Waals surface area contributed by atoms with Gasteiger partial charge in [0.15, 0.2) is 0 Å². The van der Waals surface area contributed by atoms with Crippen molar-refractivity contribution in [3.63, 3.8) is 0 Å². The molecule has 2 rings (SSSR count). The van der Waals surface area contributed by atoms with Crippen LogP contribution in [0.25, 0.3) is 0 Å². The van der Waals surface area contributed by atoms with E-state index in [0.717, 1.165) is 12.1 Å². The molecule has 1 aromatic carbocycles. The summed E-state index contributed by atoms with van der Waals surface area (Å²) in [5.41, 5.74) is 0.128. The summed E-state index contributed by atoms with van der Waals surface area (Å²) in [6, 6.07) is 1.93. The zero-order chi connectivity index (χ0) is 10.3. The van der Waals surface area contributed by atoms with Crippen LogP contribution in [0.1, 0.15) is 24.3 Å². The molecule has 0 aromatic heterocycles. The molecule has 1 aliphatic carbocycles. The largest absolute Gasteiger partial charge is 0.299 e. The number of benzene rings is 1. The van der Waals surface area contributed by atoms with Gasteiger partial charge in [-0.05, 0) is 18.6 Å². The Balaban J connectivity index is 2.43. The molecular weight excluding hydrogens is 210 g/mol. The van der Waals surface area contributed by atoms with E-state index in [1.807, 2.05) is 0 Å². The highest BCUT2D eigenvalue weighted by atomic mass is 35.5. The topological polar surface area (TPSA) is 17.1 Å². The van der Waals surface area contributed by atoms with Crippen molar-refractivity contribution in [2.24, 2.45) is 0 Å². The van der Waals surface area contributed by atoms with E-state index in [1.165, 1.54) is 0 Å². The second kappa shape index (κ2) is 3.31. The Bertz CT molecular complexity index is 403. The average molecular weight is 217 g/mol. The molecule has 14 heavy (non-hydrogen) atoms. The van der Waals surface area contributed by atoms with E-state index < -0.39 is 17.6 Å². The third-order valence-corrected chi connectivity index (χ3v) is 2.77. The smallest absolute Gasteiger partial charge is 0.142 e. The molecule has 0 bridgehead atoms. The van der Waals surface area contributed by atoms with Crippen LogP contribution in [0.5, 0.6) is 0 Å². The summed E-state index contributed by atoms with van der Waals surface area (Å²) in [5, 5.41) is -0.252. The first kappa shape index (κ1) is 9.59. The first-order chi connectivity index (χ1) is 6.59. The minimum atomic E-state index is -0.678. The molecule has 1 nitrogen and oxygen atoms in total. The molecule has 1 aromatic rings. The predicted octanol–water partition coefficient (Wildman–Crippen LogP) is 3.06. The zero-order valence-electron chi connectivity index (χ0n) is 7.19. The Morgan fingerprint density at radius 2 is 2.00 bits per heavy atom. The van der Waals surface area contributed by atoms with Crippen molar-refractivity contribution in [2.45, 2.75) is 18.8 Å². The molecule has 0 saturated heterocycles. The van der Waals surface area contributed by atoms with Crippen LogP contribution < -0.4 is 0 Å². The maximum Gasteiger partial charge on any atom is 0.142 e. The van der Waals surface area contributed by atoms with Crippen molar-refractivity contribution in [1.82, 2.24) is 0 Å². The lowest BCUT2D eigenvalue weighted by atomic mass is 9.78. The Labute approximate surface area is 84.7 Å². The zero-order valence-corrected chi connectivity index (χ0v) is 7.94. The lowest BCUT2D eigenvalue weighted by Gasteiger charge is -2.24. The molecule has 0 radical (unpaired) electrons. The van der Waals surface area contributed by atoms with Crippen LogP contribution in [0.2, 0.25) is 5.02 Å². The van der Waals surface area contributed by atoms with Crippen LogP contribution >= 0.6 is 11.6 Å². The second-order valence-corrected chi connectivity index (χ2v) is 3.75. The van der Waals surface area contributed by atoms with Gasteiger partial charge in [0, 0.05) is 17.9 Å². The average Bonchev–Trinajstić information content (AvgIpc) is 2.12. The van der Waals surface area contributed by atoms with Gasteiger partial charge in [0.05, 0.1) is 5.02 Å². The summed E-state index contributed by atoms with van der Waals surface area (Å²) in [4.78, 5) is 11.1. The molecule has 0 heterocycles. The summed E-state index contributed by atoms with van der Waals surface area (Å²) < 4.78 is 26.3. The number of hydrogen-bond donors (Lipinski definition) is 0. The van der Waals surface area contributed by atoms with Crippen molar-refractivity contribution >= 4 is 17.4 Å². The molecule has 1 saturated carbocycles. The highest BCUT2D eigenvalue weighted by Gasteiger charge is 2.32. The van der Waals surface area contributed by atoms with Gasteiger partial charge in [-0.1, -0.05) is 11.6 Å². The predicted molar refractivity (Wildman–Crippen MR) is 48.4 cm³/mol. The first-order valence-electron chi connectivity index (χ1n) is 4.26. The molecule has 1 atom stereocenters. The summed E-state index contributed by atoms with van der Waals surface area (Å²) in [7, 11) is 0. The molecule has 1 fully saturated rings. The normalized spacial score (nSPS) is 20.8. The fraction of sp³-hybridized carbons (Fsp3) is 0.300. The standard InChI is InChI=1S/C10H7ClF2O/c11-7-4-8(12)6(3-9(7)13)5-1-2-10(5)14/h3-5H,1-2H2. The van der Waals surface area contributed by atoms with Crippen molar-refractivity contribution in [3.8, 4) is 0 Å². The van der Waals surface area contributed by atoms with Crippen molar-refractivity contribution in [2.75, 3.05) is 0 Å². The summed E-state index contributed by atoms with van der Waals surface area (Å²) in [5.74, 6) is -1.79. The number of carbonyl (C=O) groups excluding carboxylic acids is 1. The fourth-order valence-electron chi connectivity index (χ4n) is 1.54. The van der Waals surface area contributed by atoms with E-state index in [-0.39, 0.29) is 16.4 Å². The van der Waals surface area contributed by atoms with E-state index in [9.17, 15) is 13.6 Å². The lowest BCUT2D eigenvalue weighted by molar-refractivity contribution is -0.125. The van der Waals surface area contributed by atoms with Crippen LogP contribution in [0, 0.1) is 11.6 Å². The van der Waals surface area contributed by atoms with Crippen LogP contribution in [0.3, 0.4) is 0 Å². The van der Waals surface area contributed by atoms with Gasteiger partial charge in [-0.3, -0.25) is 4.79 Å². The fourth-order valence-corrected chi connectivity index (χ4v) is 1.69. The third-order valence-electron chi connectivity index (χ3n) is 2.48. The number of carbonyl (C=O) groups is 1. The molecule has 1 aliphatic rings. The number of halogens is 3. The van der Waals surface area contributed by atoms with Crippen LogP contribution in [0.4, 0.5) is 8.78 Å². The van der Waals surface area contributed by atoms with Crippen LogP contribution in [-0.2, 0) is 4.79 Å². The minimum absolute atomic E-state index is 0.0365. The van der Waals surface area contributed by atoms with E-state index in [0.29, 0.717) is 12.8 Å². The minimum Gasteiger partial charge on any atom is -0.299 e. The number of ketones is 1. The van der Waals surface area contributed by atoms with Crippen molar-refractivity contribution < 1.29 is 13.6 Å². The van der Waals surface area contributed by atoms with E-state index in [1.54, 1.807) is 0 Å². The molecule has 74 valence electrons. The van der Waals surface area contributed by atoms with E-state index in [2.05, 4.69) is 0 Å². The molecule has 0 amide bonds. The molecule has 4 heteroatoms. The van der Waals surface area contributed by atoms with Gasteiger partial charge < -0.3 is 0 Å². The van der Waals surface area contributed by atoms with Crippen LogP contribution in [-0.4, -0.2) is 5.78 Å².